The van der Waals surface area contributed by atoms with Crippen LogP contribution in [0, 0.1) is 6.92 Å². The lowest BCUT2D eigenvalue weighted by molar-refractivity contribution is -0.150. The molecule has 6 heteroatoms. The Balaban J connectivity index is 1.69. The highest BCUT2D eigenvalue weighted by Gasteiger charge is 2.58. The average molecular weight is 337 g/mol. The zero-order valence-corrected chi connectivity index (χ0v) is 14.4. The fourth-order valence-electron chi connectivity index (χ4n) is 3.24. The molecule has 1 aliphatic heterocycles. The second-order valence-electron chi connectivity index (χ2n) is 6.53. The van der Waals surface area contributed by atoms with Crippen LogP contribution >= 0.6 is 0 Å². The molecule has 2 aliphatic rings. The summed E-state index contributed by atoms with van der Waals surface area (Å²) in [4.78, 5) is 12.5. The Morgan fingerprint density at radius 3 is 2.35 bits per heavy atom. The van der Waals surface area contributed by atoms with Crippen LogP contribution < -0.4 is 0 Å². The first-order valence-corrected chi connectivity index (χ1v) is 9.66. The predicted octanol–water partition coefficient (Wildman–Crippen LogP) is 2.63. The molecule has 1 aliphatic carbocycles. The van der Waals surface area contributed by atoms with Gasteiger partial charge in [0, 0.05) is 0 Å². The van der Waals surface area contributed by atoms with Crippen LogP contribution in [0.5, 0.6) is 0 Å². The molecule has 0 bridgehead atoms. The van der Waals surface area contributed by atoms with Gasteiger partial charge in [0.05, 0.1) is 10.9 Å². The maximum absolute atomic E-state index is 12.6. The smallest absolute Gasteiger partial charge is 0.326 e. The van der Waals surface area contributed by atoms with Gasteiger partial charge in [-0.15, -0.1) is 0 Å². The minimum absolute atomic E-state index is 0.0482. The topological polar surface area (TPSA) is 63.5 Å². The predicted molar refractivity (Wildman–Crippen MR) is 86.4 cm³/mol. The van der Waals surface area contributed by atoms with E-state index in [4.69, 9.17) is 4.74 Å². The van der Waals surface area contributed by atoms with Crippen molar-refractivity contribution >= 4 is 16.0 Å². The van der Waals surface area contributed by atoms with Gasteiger partial charge >= 0.3 is 5.97 Å². The van der Waals surface area contributed by atoms with Crippen molar-refractivity contribution in [1.82, 2.24) is 4.31 Å². The SMILES string of the molecule is Cc1ccc(S(=O)(=O)N2[C@H](C(=O)OC3CCCCC3)[C@@H]2C)cc1. The van der Waals surface area contributed by atoms with Crippen molar-refractivity contribution in [2.75, 3.05) is 0 Å². The number of benzene rings is 1. The van der Waals surface area contributed by atoms with Crippen LogP contribution in [0.4, 0.5) is 0 Å². The third kappa shape index (κ3) is 3.28. The molecule has 1 heterocycles. The summed E-state index contributed by atoms with van der Waals surface area (Å²) in [6.45, 7) is 3.65. The molecule has 23 heavy (non-hydrogen) atoms. The van der Waals surface area contributed by atoms with E-state index in [9.17, 15) is 13.2 Å². The first-order chi connectivity index (χ1) is 10.9. The molecule has 0 aromatic heterocycles. The van der Waals surface area contributed by atoms with Crippen molar-refractivity contribution in [3.8, 4) is 0 Å². The van der Waals surface area contributed by atoms with Crippen LogP contribution in [-0.4, -0.2) is 36.9 Å². The van der Waals surface area contributed by atoms with Crippen molar-refractivity contribution < 1.29 is 17.9 Å². The van der Waals surface area contributed by atoms with Crippen LogP contribution in [-0.2, 0) is 19.6 Å². The Bertz CT molecular complexity index is 677. The van der Waals surface area contributed by atoms with Crippen LogP contribution in [0.3, 0.4) is 0 Å². The van der Waals surface area contributed by atoms with Gasteiger partial charge in [-0.1, -0.05) is 24.1 Å². The number of ether oxygens (including phenoxy) is 1. The molecule has 3 rings (SSSR count). The Labute approximate surface area is 137 Å². The molecule has 126 valence electrons. The fraction of sp³-hybridized carbons (Fsp3) is 0.588. The Kier molecular flexibility index (Phi) is 4.47. The third-order valence-corrected chi connectivity index (χ3v) is 6.70. The van der Waals surface area contributed by atoms with Crippen molar-refractivity contribution in [3.05, 3.63) is 29.8 Å². The van der Waals surface area contributed by atoms with Crippen molar-refractivity contribution in [3.63, 3.8) is 0 Å². The standard InChI is InChI=1S/C17H23NO4S/c1-12-8-10-15(11-9-12)23(20,21)18-13(2)16(18)17(19)22-14-6-4-3-5-7-14/h8-11,13-14,16H,3-7H2,1-2H3/t13-,16-,18?/m0/s1. The number of hydrogen-bond donors (Lipinski definition) is 0. The van der Waals surface area contributed by atoms with E-state index in [1.54, 1.807) is 31.2 Å². The molecule has 0 spiro atoms. The lowest BCUT2D eigenvalue weighted by atomic mass is 9.98. The van der Waals surface area contributed by atoms with E-state index < -0.39 is 22.0 Å². The zero-order valence-electron chi connectivity index (χ0n) is 13.6. The molecule has 1 aromatic carbocycles. The van der Waals surface area contributed by atoms with Gasteiger partial charge in [-0.05, 0) is 51.7 Å². The molecular formula is C17H23NO4S. The van der Waals surface area contributed by atoms with E-state index in [2.05, 4.69) is 0 Å². The number of aryl methyl sites for hydroxylation is 1. The van der Waals surface area contributed by atoms with Gasteiger partial charge in [0.25, 0.3) is 0 Å². The van der Waals surface area contributed by atoms with Gasteiger partial charge < -0.3 is 4.74 Å². The second kappa shape index (κ2) is 6.24. The summed E-state index contributed by atoms with van der Waals surface area (Å²) in [5.41, 5.74) is 0.996. The maximum atomic E-state index is 12.6. The monoisotopic (exact) mass is 337 g/mol. The van der Waals surface area contributed by atoms with E-state index in [0.29, 0.717) is 0 Å². The molecule has 1 unspecified atom stereocenters. The summed E-state index contributed by atoms with van der Waals surface area (Å²) >= 11 is 0. The molecule has 2 fully saturated rings. The quantitative estimate of drug-likeness (QED) is 0.626. The molecule has 5 nitrogen and oxygen atoms in total. The van der Waals surface area contributed by atoms with E-state index in [0.717, 1.165) is 31.2 Å². The Hall–Kier alpha value is -1.40. The fourth-order valence-corrected chi connectivity index (χ4v) is 5.02. The minimum Gasteiger partial charge on any atom is -0.461 e. The average Bonchev–Trinajstić information content (AvgIpc) is 3.21. The summed E-state index contributed by atoms with van der Waals surface area (Å²) in [6.07, 6.45) is 5.05. The molecule has 0 N–H and O–H groups in total. The number of nitrogens with zero attached hydrogens (tertiary/aromatic N) is 1. The molecule has 1 saturated heterocycles. The summed E-state index contributed by atoms with van der Waals surface area (Å²) in [5.74, 6) is -0.403. The molecule has 3 atom stereocenters. The highest BCUT2D eigenvalue weighted by molar-refractivity contribution is 7.89. The second-order valence-corrected chi connectivity index (χ2v) is 8.37. The van der Waals surface area contributed by atoms with Crippen LogP contribution in [0.1, 0.15) is 44.6 Å². The summed E-state index contributed by atoms with van der Waals surface area (Å²) in [7, 11) is -3.63. The van der Waals surface area contributed by atoms with Gasteiger partial charge in [0.1, 0.15) is 12.1 Å². The van der Waals surface area contributed by atoms with Gasteiger partial charge in [-0.25, -0.2) is 8.42 Å². The maximum Gasteiger partial charge on any atom is 0.326 e. The van der Waals surface area contributed by atoms with E-state index in [1.165, 1.54) is 10.7 Å². The Morgan fingerprint density at radius 2 is 1.74 bits per heavy atom. The first-order valence-electron chi connectivity index (χ1n) is 8.22. The van der Waals surface area contributed by atoms with Gasteiger partial charge in [0.15, 0.2) is 0 Å². The van der Waals surface area contributed by atoms with Crippen molar-refractivity contribution in [2.45, 2.75) is 69.0 Å². The van der Waals surface area contributed by atoms with Crippen LogP contribution in [0.25, 0.3) is 0 Å². The van der Waals surface area contributed by atoms with E-state index >= 15 is 0 Å². The number of carbonyl (C=O) groups is 1. The van der Waals surface area contributed by atoms with Gasteiger partial charge in [0.2, 0.25) is 10.0 Å². The van der Waals surface area contributed by atoms with E-state index in [-0.39, 0.29) is 17.0 Å². The largest absolute Gasteiger partial charge is 0.461 e. The lowest BCUT2D eigenvalue weighted by Crippen LogP contribution is -2.27. The number of rotatable bonds is 4. The van der Waals surface area contributed by atoms with Crippen molar-refractivity contribution in [1.29, 1.82) is 0 Å². The molecule has 0 radical (unpaired) electrons. The minimum atomic E-state index is -3.63. The first kappa shape index (κ1) is 16.5. The van der Waals surface area contributed by atoms with E-state index in [1.807, 2.05) is 6.92 Å². The zero-order chi connectivity index (χ0) is 16.6. The third-order valence-electron chi connectivity index (χ3n) is 4.72. The molecule has 0 amide bonds. The summed E-state index contributed by atoms with van der Waals surface area (Å²) in [6, 6.07) is 5.67. The number of carbonyl (C=O) groups excluding carboxylic acids is 1. The summed E-state index contributed by atoms with van der Waals surface area (Å²) < 4.78 is 32.1. The number of esters is 1. The highest BCUT2D eigenvalue weighted by Crippen LogP contribution is 2.37. The number of hydrogen-bond acceptors (Lipinski definition) is 4. The van der Waals surface area contributed by atoms with Crippen LogP contribution in [0.2, 0.25) is 0 Å². The van der Waals surface area contributed by atoms with Gasteiger partial charge in [-0.2, -0.15) is 4.31 Å². The Morgan fingerprint density at radius 1 is 1.13 bits per heavy atom. The van der Waals surface area contributed by atoms with Gasteiger partial charge in [-0.3, -0.25) is 4.79 Å². The molecule has 1 saturated carbocycles. The van der Waals surface area contributed by atoms with Crippen LogP contribution in [0.15, 0.2) is 29.2 Å². The normalized spacial score (nSPS) is 28.3. The summed E-state index contributed by atoms with van der Waals surface area (Å²) in [5, 5.41) is 0. The molecular weight excluding hydrogens is 314 g/mol. The highest BCUT2D eigenvalue weighted by atomic mass is 32.2. The van der Waals surface area contributed by atoms with Crippen molar-refractivity contribution in [2.24, 2.45) is 0 Å². The number of sulfonamides is 1. The molecule has 1 aromatic rings. The lowest BCUT2D eigenvalue weighted by Gasteiger charge is -2.21.